The Bertz CT molecular complexity index is 212. The van der Waals surface area contributed by atoms with E-state index in [-0.39, 0.29) is 0 Å². The van der Waals surface area contributed by atoms with Crippen molar-refractivity contribution in [3.63, 3.8) is 0 Å². The molecular formula is C12H22N2. The van der Waals surface area contributed by atoms with E-state index >= 15 is 0 Å². The number of fused-ring (bicyclic) bond motifs is 1. The molecular weight excluding hydrogens is 172 g/mol. The number of rotatable bonds is 3. The highest BCUT2D eigenvalue weighted by Gasteiger charge is 2.37. The molecule has 0 saturated heterocycles. The van der Waals surface area contributed by atoms with Crippen LogP contribution in [0, 0.1) is 17.8 Å². The van der Waals surface area contributed by atoms with E-state index in [0.29, 0.717) is 6.04 Å². The Morgan fingerprint density at radius 2 is 2.36 bits per heavy atom. The van der Waals surface area contributed by atoms with Crippen LogP contribution >= 0.6 is 0 Å². The Morgan fingerprint density at radius 1 is 1.50 bits per heavy atom. The molecule has 0 aromatic heterocycles. The Hall–Kier alpha value is -0.530. The minimum atomic E-state index is 0.658. The van der Waals surface area contributed by atoms with Crippen LogP contribution in [0.2, 0.25) is 0 Å². The van der Waals surface area contributed by atoms with Gasteiger partial charge in [-0.15, -0.1) is 0 Å². The monoisotopic (exact) mass is 194 g/mol. The minimum Gasteiger partial charge on any atom is -0.306 e. The predicted molar refractivity (Wildman–Crippen MR) is 60.3 cm³/mol. The van der Waals surface area contributed by atoms with E-state index in [4.69, 9.17) is 0 Å². The summed E-state index contributed by atoms with van der Waals surface area (Å²) in [6.07, 6.45) is 8.96. The minimum absolute atomic E-state index is 0.658. The van der Waals surface area contributed by atoms with Gasteiger partial charge in [0, 0.05) is 12.1 Å². The van der Waals surface area contributed by atoms with Crippen molar-refractivity contribution in [2.24, 2.45) is 22.9 Å². The first-order valence-corrected chi connectivity index (χ1v) is 6.11. The molecule has 2 heteroatoms. The lowest BCUT2D eigenvalue weighted by Gasteiger charge is -2.36. The standard InChI is InChI=1S/C12H22N2/c1-3-5-9(2)11-7-4-6-10-8-13-14-12(10)11/h8-12,14H,3-7H2,1-2H3. The quantitative estimate of drug-likeness (QED) is 0.734. The summed E-state index contributed by atoms with van der Waals surface area (Å²) in [4.78, 5) is 0. The molecule has 80 valence electrons. The van der Waals surface area contributed by atoms with Crippen molar-refractivity contribution >= 4 is 6.21 Å². The van der Waals surface area contributed by atoms with Crippen LogP contribution in [0.4, 0.5) is 0 Å². The summed E-state index contributed by atoms with van der Waals surface area (Å²) < 4.78 is 0. The van der Waals surface area contributed by atoms with E-state index in [1.807, 2.05) is 0 Å². The molecule has 4 unspecified atom stereocenters. The smallest absolute Gasteiger partial charge is 0.0548 e. The van der Waals surface area contributed by atoms with Gasteiger partial charge in [0.25, 0.3) is 0 Å². The summed E-state index contributed by atoms with van der Waals surface area (Å²) in [5.41, 5.74) is 3.32. The summed E-state index contributed by atoms with van der Waals surface area (Å²) >= 11 is 0. The van der Waals surface area contributed by atoms with Crippen LogP contribution in [0.25, 0.3) is 0 Å². The van der Waals surface area contributed by atoms with Crippen LogP contribution < -0.4 is 5.43 Å². The highest BCUT2D eigenvalue weighted by Crippen LogP contribution is 2.36. The molecule has 1 N–H and O–H groups in total. The molecule has 0 aromatic carbocycles. The Kier molecular flexibility index (Phi) is 3.09. The molecule has 1 aliphatic heterocycles. The topological polar surface area (TPSA) is 24.4 Å². The Balaban J connectivity index is 1.97. The van der Waals surface area contributed by atoms with Crippen molar-refractivity contribution in [3.05, 3.63) is 0 Å². The molecule has 0 radical (unpaired) electrons. The van der Waals surface area contributed by atoms with Crippen molar-refractivity contribution in [1.29, 1.82) is 0 Å². The molecule has 2 rings (SSSR count). The van der Waals surface area contributed by atoms with Gasteiger partial charge in [-0.25, -0.2) is 0 Å². The zero-order valence-corrected chi connectivity index (χ0v) is 9.37. The van der Waals surface area contributed by atoms with E-state index in [2.05, 4.69) is 30.6 Å². The van der Waals surface area contributed by atoms with E-state index < -0.39 is 0 Å². The van der Waals surface area contributed by atoms with Crippen molar-refractivity contribution in [2.45, 2.75) is 52.0 Å². The van der Waals surface area contributed by atoms with Gasteiger partial charge in [0.15, 0.2) is 0 Å². The van der Waals surface area contributed by atoms with Crippen molar-refractivity contribution in [3.8, 4) is 0 Å². The lowest BCUT2D eigenvalue weighted by atomic mass is 9.72. The molecule has 0 bridgehead atoms. The first kappa shape index (κ1) is 10.0. The van der Waals surface area contributed by atoms with Crippen LogP contribution in [0.5, 0.6) is 0 Å². The maximum absolute atomic E-state index is 4.25. The molecule has 1 aliphatic carbocycles. The van der Waals surface area contributed by atoms with Gasteiger partial charge in [0.05, 0.1) is 6.04 Å². The summed E-state index contributed by atoms with van der Waals surface area (Å²) in [6.45, 7) is 4.70. The molecule has 0 aromatic rings. The highest BCUT2D eigenvalue weighted by atomic mass is 15.3. The van der Waals surface area contributed by atoms with Gasteiger partial charge in [-0.05, 0) is 24.7 Å². The molecule has 1 fully saturated rings. The van der Waals surface area contributed by atoms with E-state index in [9.17, 15) is 0 Å². The fourth-order valence-electron chi connectivity index (χ4n) is 3.16. The van der Waals surface area contributed by atoms with Crippen molar-refractivity contribution in [2.75, 3.05) is 0 Å². The van der Waals surface area contributed by atoms with E-state index in [0.717, 1.165) is 17.8 Å². The number of nitrogens with one attached hydrogen (secondary N) is 1. The highest BCUT2D eigenvalue weighted by molar-refractivity contribution is 5.63. The van der Waals surface area contributed by atoms with E-state index in [1.54, 1.807) is 0 Å². The molecule has 14 heavy (non-hydrogen) atoms. The lowest BCUT2D eigenvalue weighted by Crippen LogP contribution is -2.41. The van der Waals surface area contributed by atoms with Crippen molar-refractivity contribution < 1.29 is 0 Å². The normalized spacial score (nSPS) is 37.7. The fraction of sp³-hybridized carbons (Fsp3) is 0.917. The number of hydrogen-bond acceptors (Lipinski definition) is 2. The fourth-order valence-corrected chi connectivity index (χ4v) is 3.16. The van der Waals surface area contributed by atoms with Crippen LogP contribution in [0.15, 0.2) is 5.10 Å². The summed E-state index contributed by atoms with van der Waals surface area (Å²) in [5.74, 6) is 2.45. The van der Waals surface area contributed by atoms with Gasteiger partial charge in [0.1, 0.15) is 0 Å². The lowest BCUT2D eigenvalue weighted by molar-refractivity contribution is 0.176. The number of hydrazone groups is 1. The Morgan fingerprint density at radius 3 is 3.14 bits per heavy atom. The number of hydrogen-bond donors (Lipinski definition) is 1. The van der Waals surface area contributed by atoms with Crippen LogP contribution in [0.3, 0.4) is 0 Å². The van der Waals surface area contributed by atoms with Gasteiger partial charge in [0.2, 0.25) is 0 Å². The molecule has 1 saturated carbocycles. The van der Waals surface area contributed by atoms with Gasteiger partial charge in [-0.3, -0.25) is 0 Å². The number of nitrogens with zero attached hydrogens (tertiary/aromatic N) is 1. The third kappa shape index (κ3) is 1.79. The van der Waals surface area contributed by atoms with Gasteiger partial charge in [-0.2, -0.15) is 5.10 Å². The van der Waals surface area contributed by atoms with Gasteiger partial charge >= 0.3 is 0 Å². The maximum atomic E-state index is 4.25. The predicted octanol–water partition coefficient (Wildman–Crippen LogP) is 2.80. The average Bonchev–Trinajstić information content (AvgIpc) is 2.65. The third-order valence-corrected chi connectivity index (χ3v) is 3.96. The molecule has 0 amide bonds. The SMILES string of the molecule is CCCC(C)C1CCCC2C=NNC21. The summed E-state index contributed by atoms with van der Waals surface area (Å²) in [7, 11) is 0. The third-order valence-electron chi connectivity index (χ3n) is 3.96. The van der Waals surface area contributed by atoms with Crippen LogP contribution in [-0.2, 0) is 0 Å². The molecule has 0 spiro atoms. The molecule has 2 nitrogen and oxygen atoms in total. The molecule has 4 atom stereocenters. The molecule has 2 aliphatic rings. The summed E-state index contributed by atoms with van der Waals surface area (Å²) in [6, 6.07) is 0.658. The maximum Gasteiger partial charge on any atom is 0.0548 e. The zero-order chi connectivity index (χ0) is 9.97. The van der Waals surface area contributed by atoms with E-state index in [1.165, 1.54) is 32.1 Å². The second-order valence-corrected chi connectivity index (χ2v) is 4.96. The zero-order valence-electron chi connectivity index (χ0n) is 9.37. The van der Waals surface area contributed by atoms with Crippen LogP contribution in [-0.4, -0.2) is 12.3 Å². The first-order chi connectivity index (χ1) is 6.83. The second kappa shape index (κ2) is 4.33. The first-order valence-electron chi connectivity index (χ1n) is 6.11. The molecule has 1 heterocycles. The Labute approximate surface area is 87.2 Å². The summed E-state index contributed by atoms with van der Waals surface area (Å²) in [5, 5.41) is 4.25. The van der Waals surface area contributed by atoms with Crippen molar-refractivity contribution in [1.82, 2.24) is 5.43 Å². The average molecular weight is 194 g/mol. The van der Waals surface area contributed by atoms with Gasteiger partial charge < -0.3 is 5.43 Å². The van der Waals surface area contributed by atoms with Gasteiger partial charge in [-0.1, -0.05) is 33.1 Å². The largest absolute Gasteiger partial charge is 0.306 e. The second-order valence-electron chi connectivity index (χ2n) is 4.96. The van der Waals surface area contributed by atoms with Crippen LogP contribution in [0.1, 0.15) is 46.0 Å².